The van der Waals surface area contributed by atoms with E-state index in [1.807, 2.05) is 6.92 Å². The zero-order valence-corrected chi connectivity index (χ0v) is 12.9. The highest BCUT2D eigenvalue weighted by molar-refractivity contribution is 5.32. The fraction of sp³-hybridized carbons (Fsp3) is 0.400. The predicted molar refractivity (Wildman–Crippen MR) is 89.5 cm³/mol. The molecule has 2 aromatic rings. The van der Waals surface area contributed by atoms with Crippen molar-refractivity contribution in [3.8, 4) is 0 Å². The summed E-state index contributed by atoms with van der Waals surface area (Å²) >= 11 is 0. The summed E-state index contributed by atoms with van der Waals surface area (Å²) in [4.78, 5) is 0. The molecular formula is C20H26O. The van der Waals surface area contributed by atoms with Crippen molar-refractivity contribution < 1.29 is 5.11 Å². The van der Waals surface area contributed by atoms with Crippen molar-refractivity contribution in [2.75, 3.05) is 0 Å². The van der Waals surface area contributed by atoms with Gasteiger partial charge in [-0.25, -0.2) is 0 Å². The maximum atomic E-state index is 9.32. The molecule has 2 rings (SSSR count). The lowest BCUT2D eigenvalue weighted by Gasteiger charge is -2.18. The highest BCUT2D eigenvalue weighted by Crippen LogP contribution is 2.29. The summed E-state index contributed by atoms with van der Waals surface area (Å²) in [6.07, 6.45) is 5.45. The van der Waals surface area contributed by atoms with Gasteiger partial charge in [-0.2, -0.15) is 0 Å². The lowest BCUT2D eigenvalue weighted by Crippen LogP contribution is -2.02. The van der Waals surface area contributed by atoms with Gasteiger partial charge < -0.3 is 5.11 Å². The van der Waals surface area contributed by atoms with Crippen LogP contribution in [0.5, 0.6) is 0 Å². The van der Waals surface area contributed by atoms with Crippen molar-refractivity contribution in [1.82, 2.24) is 0 Å². The van der Waals surface area contributed by atoms with Crippen LogP contribution in [0.1, 0.15) is 56.1 Å². The van der Waals surface area contributed by atoms with Gasteiger partial charge in [-0.15, -0.1) is 0 Å². The number of unbranched alkanes of at least 4 members (excludes halogenated alkanes) is 2. The second kappa shape index (κ2) is 8.63. The van der Waals surface area contributed by atoms with Crippen LogP contribution in [-0.4, -0.2) is 11.2 Å². The Labute approximate surface area is 128 Å². The van der Waals surface area contributed by atoms with Crippen LogP contribution in [0.3, 0.4) is 0 Å². The van der Waals surface area contributed by atoms with E-state index in [-0.39, 0.29) is 6.10 Å². The number of aliphatic hydroxyl groups is 1. The topological polar surface area (TPSA) is 20.2 Å². The van der Waals surface area contributed by atoms with Gasteiger partial charge >= 0.3 is 0 Å². The Morgan fingerprint density at radius 3 is 1.67 bits per heavy atom. The molecule has 2 aromatic carbocycles. The fourth-order valence-corrected chi connectivity index (χ4v) is 2.86. The van der Waals surface area contributed by atoms with E-state index in [0.717, 1.165) is 12.8 Å². The Kier molecular flexibility index (Phi) is 6.49. The van der Waals surface area contributed by atoms with E-state index in [0.29, 0.717) is 5.92 Å². The van der Waals surface area contributed by atoms with Gasteiger partial charge in [-0.05, 0) is 30.9 Å². The maximum absolute atomic E-state index is 9.32. The Morgan fingerprint density at radius 1 is 0.714 bits per heavy atom. The molecule has 0 saturated carbocycles. The summed E-state index contributed by atoms with van der Waals surface area (Å²) in [6.45, 7) is 1.87. The molecule has 0 aromatic heterocycles. The average molecular weight is 282 g/mol. The summed E-state index contributed by atoms with van der Waals surface area (Å²) < 4.78 is 0. The molecule has 112 valence electrons. The first-order valence-electron chi connectivity index (χ1n) is 8.05. The molecule has 0 heterocycles. The number of aliphatic hydroxyl groups excluding tert-OH is 1. The third-order valence-electron chi connectivity index (χ3n) is 4.02. The van der Waals surface area contributed by atoms with E-state index in [4.69, 9.17) is 0 Å². The van der Waals surface area contributed by atoms with Crippen LogP contribution in [0.25, 0.3) is 0 Å². The minimum absolute atomic E-state index is 0.163. The van der Waals surface area contributed by atoms with Crippen molar-refractivity contribution in [1.29, 1.82) is 0 Å². The third-order valence-corrected chi connectivity index (χ3v) is 4.02. The molecule has 0 aliphatic rings. The Morgan fingerprint density at radius 2 is 1.19 bits per heavy atom. The molecule has 1 atom stereocenters. The smallest absolute Gasteiger partial charge is 0.0512 e. The second-order valence-electron chi connectivity index (χ2n) is 5.86. The summed E-state index contributed by atoms with van der Waals surface area (Å²) in [5.74, 6) is 0.485. The van der Waals surface area contributed by atoms with Crippen molar-refractivity contribution in [2.24, 2.45) is 0 Å². The molecule has 0 spiro atoms. The molecule has 0 aliphatic heterocycles. The van der Waals surface area contributed by atoms with Crippen LogP contribution < -0.4 is 0 Å². The van der Waals surface area contributed by atoms with E-state index in [9.17, 15) is 5.11 Å². The average Bonchev–Trinajstić information content (AvgIpc) is 2.52. The SMILES string of the molecule is CC(O)CCCCCC(c1ccccc1)c1ccccc1. The van der Waals surface area contributed by atoms with Gasteiger partial charge in [-0.3, -0.25) is 0 Å². The molecule has 0 amide bonds. The standard InChI is InChI=1S/C20H26O/c1-17(21)11-5-2-10-16-20(18-12-6-3-7-13-18)19-14-8-4-9-15-19/h3-4,6-9,12-15,17,20-21H,2,5,10-11,16H2,1H3. The van der Waals surface area contributed by atoms with Gasteiger partial charge in [0.05, 0.1) is 6.10 Å². The van der Waals surface area contributed by atoms with Gasteiger partial charge in [0.2, 0.25) is 0 Å². The number of hydrogen-bond acceptors (Lipinski definition) is 1. The Balaban J connectivity index is 1.97. The Bertz CT molecular complexity index is 450. The van der Waals surface area contributed by atoms with Crippen molar-refractivity contribution >= 4 is 0 Å². The van der Waals surface area contributed by atoms with Gasteiger partial charge in [0.15, 0.2) is 0 Å². The molecule has 0 aliphatic carbocycles. The lowest BCUT2D eigenvalue weighted by molar-refractivity contribution is 0.180. The van der Waals surface area contributed by atoms with Crippen molar-refractivity contribution in [3.63, 3.8) is 0 Å². The van der Waals surface area contributed by atoms with Crippen LogP contribution in [0, 0.1) is 0 Å². The predicted octanol–water partition coefficient (Wildman–Crippen LogP) is 5.15. The molecule has 1 heteroatoms. The number of benzene rings is 2. The molecule has 1 N–H and O–H groups in total. The summed E-state index contributed by atoms with van der Waals surface area (Å²) in [6, 6.07) is 21.6. The van der Waals surface area contributed by atoms with Crippen LogP contribution in [0.15, 0.2) is 60.7 Å². The fourth-order valence-electron chi connectivity index (χ4n) is 2.86. The van der Waals surface area contributed by atoms with E-state index in [2.05, 4.69) is 60.7 Å². The number of hydrogen-bond donors (Lipinski definition) is 1. The van der Waals surface area contributed by atoms with E-state index in [1.165, 1.54) is 30.4 Å². The zero-order chi connectivity index (χ0) is 14.9. The Hall–Kier alpha value is -1.60. The zero-order valence-electron chi connectivity index (χ0n) is 12.9. The minimum atomic E-state index is -0.163. The molecule has 21 heavy (non-hydrogen) atoms. The van der Waals surface area contributed by atoms with Gasteiger partial charge in [0, 0.05) is 5.92 Å². The lowest BCUT2D eigenvalue weighted by atomic mass is 9.87. The van der Waals surface area contributed by atoms with Crippen LogP contribution >= 0.6 is 0 Å². The van der Waals surface area contributed by atoms with Gasteiger partial charge in [0.1, 0.15) is 0 Å². The molecule has 0 radical (unpaired) electrons. The highest BCUT2D eigenvalue weighted by atomic mass is 16.3. The van der Waals surface area contributed by atoms with Crippen LogP contribution in [-0.2, 0) is 0 Å². The molecule has 0 bridgehead atoms. The van der Waals surface area contributed by atoms with Crippen molar-refractivity contribution in [3.05, 3.63) is 71.8 Å². The quantitative estimate of drug-likeness (QED) is 0.664. The maximum Gasteiger partial charge on any atom is 0.0512 e. The third kappa shape index (κ3) is 5.35. The normalized spacial score (nSPS) is 12.5. The largest absolute Gasteiger partial charge is 0.393 e. The number of rotatable bonds is 8. The molecule has 0 fully saturated rings. The summed E-state index contributed by atoms with van der Waals surface area (Å²) in [5, 5.41) is 9.32. The van der Waals surface area contributed by atoms with Crippen LogP contribution in [0.2, 0.25) is 0 Å². The molecular weight excluding hydrogens is 256 g/mol. The van der Waals surface area contributed by atoms with Gasteiger partial charge in [-0.1, -0.05) is 79.9 Å². The molecule has 1 nitrogen and oxygen atoms in total. The summed E-state index contributed by atoms with van der Waals surface area (Å²) in [5.41, 5.74) is 2.80. The molecule has 0 saturated heterocycles. The second-order valence-corrected chi connectivity index (χ2v) is 5.86. The van der Waals surface area contributed by atoms with Crippen LogP contribution in [0.4, 0.5) is 0 Å². The highest BCUT2D eigenvalue weighted by Gasteiger charge is 2.13. The van der Waals surface area contributed by atoms with Gasteiger partial charge in [0.25, 0.3) is 0 Å². The summed E-state index contributed by atoms with van der Waals surface area (Å²) in [7, 11) is 0. The van der Waals surface area contributed by atoms with E-state index in [1.54, 1.807) is 0 Å². The first-order valence-corrected chi connectivity index (χ1v) is 8.05. The molecule has 1 unspecified atom stereocenters. The van der Waals surface area contributed by atoms with E-state index < -0.39 is 0 Å². The monoisotopic (exact) mass is 282 g/mol. The first kappa shape index (κ1) is 15.8. The van der Waals surface area contributed by atoms with Crippen molar-refractivity contribution in [2.45, 2.75) is 51.0 Å². The van der Waals surface area contributed by atoms with E-state index >= 15 is 0 Å². The minimum Gasteiger partial charge on any atom is -0.393 e. The first-order chi connectivity index (χ1) is 10.3.